The van der Waals surface area contributed by atoms with E-state index in [0.717, 1.165) is 42.7 Å². The molecular formula is C21H40O10S10. The highest BCUT2D eigenvalue weighted by Gasteiger charge is 2.05. The van der Waals surface area contributed by atoms with Crippen LogP contribution in [0.4, 0.5) is 0 Å². The van der Waals surface area contributed by atoms with Crippen LogP contribution in [0.3, 0.4) is 0 Å². The summed E-state index contributed by atoms with van der Waals surface area (Å²) in [6.45, 7) is 1.32. The lowest BCUT2D eigenvalue weighted by Crippen LogP contribution is -2.07. The Hall–Kier alpha value is 2.20. The Kier molecular flexibility index (Phi) is 40.4. The maximum atomic E-state index is 11.7. The van der Waals surface area contributed by atoms with Crippen molar-refractivity contribution in [3.8, 4) is 0 Å². The standard InChI is InChI=1S/C21H40O10S10/c22-1-5-32-17-38-11-26-20(24)9-36-15-35-8-4-29-31-14-41-19-39-12-27-21(25)10-37-16-34-7-3-28-30-13-40-18-33-6-2-23/h22-23H,1-19H2. The van der Waals surface area contributed by atoms with Gasteiger partial charge in [-0.2, -0.15) is 0 Å². The molecule has 244 valence electrons. The minimum Gasteiger partial charge on any atom is -0.454 e. The van der Waals surface area contributed by atoms with E-state index in [1.165, 1.54) is 58.8 Å². The maximum Gasteiger partial charge on any atom is 0.316 e. The number of thioether (sulfide) groups is 10. The highest BCUT2D eigenvalue weighted by molar-refractivity contribution is 8.17. The molecule has 0 rings (SSSR count). The van der Waals surface area contributed by atoms with Crippen molar-refractivity contribution in [1.82, 2.24) is 0 Å². The summed E-state index contributed by atoms with van der Waals surface area (Å²) < 4.78 is 10.3. The molecule has 0 saturated carbocycles. The molecule has 0 radical (unpaired) electrons. The fourth-order valence-corrected chi connectivity index (χ4v) is 9.61. The van der Waals surface area contributed by atoms with E-state index < -0.39 is 0 Å². The van der Waals surface area contributed by atoms with E-state index in [1.54, 1.807) is 58.8 Å². The fourth-order valence-electron chi connectivity index (χ4n) is 1.78. The average molecular weight is 773 g/mol. The first kappa shape index (κ1) is 43.2. The topological polar surface area (TPSA) is 130 Å². The molecular weight excluding hydrogens is 733 g/mol. The van der Waals surface area contributed by atoms with E-state index in [-0.39, 0.29) is 25.2 Å². The summed E-state index contributed by atoms with van der Waals surface area (Å²) in [5, 5.41) is 21.3. The van der Waals surface area contributed by atoms with Crippen molar-refractivity contribution in [2.75, 3.05) is 110 Å². The molecule has 0 aliphatic carbocycles. The molecule has 0 atom stereocenters. The molecule has 0 saturated heterocycles. The highest BCUT2D eigenvalue weighted by Crippen LogP contribution is 2.17. The monoisotopic (exact) mass is 772 g/mol. The number of carbonyl (C=O) groups excluding carboxylic acids is 2. The van der Waals surface area contributed by atoms with Gasteiger partial charge < -0.3 is 19.7 Å². The van der Waals surface area contributed by atoms with E-state index in [0.29, 0.717) is 54.2 Å². The van der Waals surface area contributed by atoms with Gasteiger partial charge in [0.25, 0.3) is 0 Å². The lowest BCUT2D eigenvalue weighted by molar-refractivity contribution is -0.274. The normalized spacial score (nSPS) is 11.2. The molecule has 0 aromatic rings. The molecule has 20 heteroatoms. The van der Waals surface area contributed by atoms with Gasteiger partial charge >= 0.3 is 11.9 Å². The van der Waals surface area contributed by atoms with Crippen LogP contribution in [0, 0.1) is 0 Å². The Balaban J connectivity index is 3.20. The van der Waals surface area contributed by atoms with Crippen LogP contribution in [0.25, 0.3) is 0 Å². The number of carbonyl (C=O) groups is 2. The van der Waals surface area contributed by atoms with Gasteiger partial charge in [-0.25, -0.2) is 19.6 Å². The third-order valence-corrected chi connectivity index (χ3v) is 13.9. The summed E-state index contributed by atoms with van der Waals surface area (Å²) in [5.41, 5.74) is 0. The zero-order valence-electron chi connectivity index (χ0n) is 22.7. The number of aliphatic hydroxyl groups is 2. The van der Waals surface area contributed by atoms with Crippen molar-refractivity contribution in [2.45, 2.75) is 0 Å². The van der Waals surface area contributed by atoms with Gasteiger partial charge in [-0.05, 0) is 0 Å². The predicted octanol–water partition coefficient (Wildman–Crippen LogP) is 4.90. The van der Waals surface area contributed by atoms with E-state index in [1.807, 2.05) is 0 Å². The van der Waals surface area contributed by atoms with Gasteiger partial charge in [0.15, 0.2) is 0 Å². The SMILES string of the molecule is O=C(CSCSCCOOCSCSCOC(=O)CSCSCCOOCSCSCCO)OCSCSCCO. The molecule has 0 heterocycles. The smallest absolute Gasteiger partial charge is 0.316 e. The molecule has 41 heavy (non-hydrogen) atoms. The van der Waals surface area contributed by atoms with Crippen LogP contribution in [-0.4, -0.2) is 132 Å². The molecule has 0 aromatic heterocycles. The lowest BCUT2D eigenvalue weighted by Gasteiger charge is -2.06. The van der Waals surface area contributed by atoms with Crippen LogP contribution in [0.15, 0.2) is 0 Å². The van der Waals surface area contributed by atoms with Crippen molar-refractivity contribution >= 4 is 130 Å². The zero-order valence-corrected chi connectivity index (χ0v) is 30.8. The molecule has 0 bridgehead atoms. The number of esters is 2. The third kappa shape index (κ3) is 38.3. The Morgan fingerprint density at radius 3 is 1.24 bits per heavy atom. The van der Waals surface area contributed by atoms with Crippen molar-refractivity contribution in [2.24, 2.45) is 0 Å². The Morgan fingerprint density at radius 2 is 0.805 bits per heavy atom. The second kappa shape index (κ2) is 38.4. The molecule has 0 unspecified atom stereocenters. The first-order chi connectivity index (χ1) is 20.2. The van der Waals surface area contributed by atoms with E-state index in [4.69, 9.17) is 39.2 Å². The quantitative estimate of drug-likeness (QED) is 0.0302. The highest BCUT2D eigenvalue weighted by atomic mass is 32.2. The summed E-state index contributed by atoms with van der Waals surface area (Å²) in [5.74, 6) is 4.72. The van der Waals surface area contributed by atoms with Gasteiger partial charge in [-0.3, -0.25) is 9.59 Å². The van der Waals surface area contributed by atoms with Crippen LogP contribution in [-0.2, 0) is 38.6 Å². The summed E-state index contributed by atoms with van der Waals surface area (Å²) >= 11 is 15.8. The fraction of sp³-hybridized carbons (Fsp3) is 0.905. The van der Waals surface area contributed by atoms with E-state index >= 15 is 0 Å². The summed E-state index contributed by atoms with van der Waals surface area (Å²) in [7, 11) is 0. The molecule has 0 spiro atoms. The van der Waals surface area contributed by atoms with Crippen LogP contribution in [0.5, 0.6) is 0 Å². The number of ether oxygens (including phenoxy) is 2. The van der Waals surface area contributed by atoms with Crippen LogP contribution in [0.1, 0.15) is 0 Å². The van der Waals surface area contributed by atoms with Gasteiger partial charge in [-0.1, -0.05) is 0 Å². The van der Waals surface area contributed by atoms with Crippen LogP contribution < -0.4 is 0 Å². The second-order valence-electron chi connectivity index (χ2n) is 6.57. The molecule has 0 fully saturated rings. The van der Waals surface area contributed by atoms with Gasteiger partial charge in [0.05, 0.1) is 37.9 Å². The largest absolute Gasteiger partial charge is 0.454 e. The maximum absolute atomic E-state index is 11.7. The van der Waals surface area contributed by atoms with Crippen molar-refractivity contribution in [3.05, 3.63) is 0 Å². The van der Waals surface area contributed by atoms with E-state index in [9.17, 15) is 9.59 Å². The first-order valence-corrected chi connectivity index (χ1v) is 23.5. The van der Waals surface area contributed by atoms with Gasteiger partial charge in [0, 0.05) is 48.4 Å². The molecule has 10 nitrogen and oxygen atoms in total. The molecule has 2 N–H and O–H groups in total. The Labute approximate surface area is 286 Å². The third-order valence-electron chi connectivity index (χ3n) is 3.40. The Bertz CT molecular complexity index is 575. The Morgan fingerprint density at radius 1 is 0.439 bits per heavy atom. The van der Waals surface area contributed by atoms with Crippen molar-refractivity contribution < 1.29 is 48.8 Å². The van der Waals surface area contributed by atoms with Crippen molar-refractivity contribution in [3.63, 3.8) is 0 Å². The number of aliphatic hydroxyl groups excluding tert-OH is 2. The molecule has 0 amide bonds. The molecule has 0 aromatic carbocycles. The minimum atomic E-state index is -0.223. The molecule has 0 aliphatic heterocycles. The minimum absolute atomic E-state index is 0.166. The van der Waals surface area contributed by atoms with Gasteiger partial charge in [0.2, 0.25) is 0 Å². The van der Waals surface area contributed by atoms with Crippen LogP contribution >= 0.6 is 118 Å². The summed E-state index contributed by atoms with van der Waals surface area (Å²) in [6, 6.07) is 0. The summed E-state index contributed by atoms with van der Waals surface area (Å²) in [6.07, 6.45) is 0. The first-order valence-electron chi connectivity index (χ1n) is 12.0. The number of rotatable bonds is 34. The average Bonchev–Trinajstić information content (AvgIpc) is 2.97. The van der Waals surface area contributed by atoms with E-state index in [2.05, 4.69) is 0 Å². The number of hydrogen-bond donors (Lipinski definition) is 2. The van der Waals surface area contributed by atoms with Gasteiger partial charge in [-0.15, -0.1) is 118 Å². The molecule has 0 aliphatic rings. The number of hydrogen-bond acceptors (Lipinski definition) is 20. The van der Waals surface area contributed by atoms with Crippen LogP contribution in [0.2, 0.25) is 0 Å². The second-order valence-corrected chi connectivity index (χ2v) is 18.5. The predicted molar refractivity (Wildman–Crippen MR) is 189 cm³/mol. The lowest BCUT2D eigenvalue weighted by atomic mass is 10.8. The summed E-state index contributed by atoms with van der Waals surface area (Å²) in [4.78, 5) is 43.7. The van der Waals surface area contributed by atoms with Gasteiger partial charge in [0.1, 0.15) is 23.8 Å². The zero-order chi connectivity index (χ0) is 29.9. The van der Waals surface area contributed by atoms with Crippen molar-refractivity contribution in [1.29, 1.82) is 0 Å².